The quantitative estimate of drug-likeness (QED) is 0.256. The highest BCUT2D eigenvalue weighted by molar-refractivity contribution is 9.10. The number of aromatic nitrogens is 3. The first-order valence-corrected chi connectivity index (χ1v) is 15.1. The van der Waals surface area contributed by atoms with Gasteiger partial charge in [0.1, 0.15) is 23.4 Å². The number of halogens is 1. The number of hydrogen-bond acceptors (Lipinski definition) is 7. The zero-order valence-corrected chi connectivity index (χ0v) is 24.9. The third-order valence-corrected chi connectivity index (χ3v) is 9.94. The van der Waals surface area contributed by atoms with Gasteiger partial charge >= 0.3 is 0 Å². The van der Waals surface area contributed by atoms with Gasteiger partial charge in [-0.15, -0.1) is 21.5 Å². The highest BCUT2D eigenvalue weighted by atomic mass is 79.9. The van der Waals surface area contributed by atoms with Crippen LogP contribution < -0.4 is 10.1 Å². The van der Waals surface area contributed by atoms with Gasteiger partial charge in [-0.1, -0.05) is 54.9 Å². The molecule has 2 heterocycles. The highest BCUT2D eigenvalue weighted by Crippen LogP contribution is 2.45. The minimum absolute atomic E-state index is 0.149. The lowest BCUT2D eigenvalue weighted by atomic mass is 9.69. The van der Waals surface area contributed by atoms with E-state index in [0.29, 0.717) is 34.0 Å². The van der Waals surface area contributed by atoms with Crippen molar-refractivity contribution in [3.8, 4) is 11.8 Å². The van der Waals surface area contributed by atoms with Crippen molar-refractivity contribution in [2.75, 3.05) is 11.1 Å². The molecule has 0 radical (unpaired) electrons. The summed E-state index contributed by atoms with van der Waals surface area (Å²) >= 11 is 6.32. The Hall–Kier alpha value is -2.35. The summed E-state index contributed by atoms with van der Waals surface area (Å²) in [5, 5.41) is 22.7. The second-order valence-corrected chi connectivity index (χ2v) is 12.8. The Kier molecular flexibility index (Phi) is 8.98. The Morgan fingerprint density at radius 3 is 2.76 bits per heavy atom. The molecule has 7 nitrogen and oxygen atoms in total. The van der Waals surface area contributed by atoms with E-state index in [1.54, 1.807) is 11.3 Å². The largest absolute Gasteiger partial charge is 0.486 e. The summed E-state index contributed by atoms with van der Waals surface area (Å²) in [6.07, 6.45) is 4.09. The maximum absolute atomic E-state index is 12.9. The molecule has 196 valence electrons. The van der Waals surface area contributed by atoms with Crippen molar-refractivity contribution in [2.24, 2.45) is 11.3 Å². The summed E-state index contributed by atoms with van der Waals surface area (Å²) in [5.41, 5.74) is 2.03. The summed E-state index contributed by atoms with van der Waals surface area (Å²) in [6.45, 7) is 9.87. The molecule has 4 rings (SSSR count). The molecule has 10 heteroatoms. The predicted molar refractivity (Wildman–Crippen MR) is 152 cm³/mol. The molecule has 1 unspecified atom stereocenters. The van der Waals surface area contributed by atoms with Gasteiger partial charge in [0.2, 0.25) is 5.91 Å². The Morgan fingerprint density at radius 2 is 2.08 bits per heavy atom. The highest BCUT2D eigenvalue weighted by Gasteiger charge is 2.34. The fraction of sp³-hybridized carbons (Fsp3) is 0.481. The van der Waals surface area contributed by atoms with E-state index in [2.05, 4.69) is 58.3 Å². The van der Waals surface area contributed by atoms with Gasteiger partial charge < -0.3 is 14.6 Å². The van der Waals surface area contributed by atoms with E-state index >= 15 is 0 Å². The van der Waals surface area contributed by atoms with Gasteiger partial charge in [-0.2, -0.15) is 5.26 Å². The number of carbonyl (C=O) groups excluding carboxylic acids is 1. The van der Waals surface area contributed by atoms with Crippen LogP contribution in [0.1, 0.15) is 62.4 Å². The van der Waals surface area contributed by atoms with E-state index in [9.17, 15) is 10.1 Å². The average molecular weight is 603 g/mol. The van der Waals surface area contributed by atoms with Crippen molar-refractivity contribution in [2.45, 2.75) is 71.7 Å². The lowest BCUT2D eigenvalue weighted by molar-refractivity contribution is -0.113. The Bertz CT molecular complexity index is 1290. The number of hydrogen-bond donors (Lipinski definition) is 1. The summed E-state index contributed by atoms with van der Waals surface area (Å²) in [5.74, 6) is 2.08. The van der Waals surface area contributed by atoms with Crippen LogP contribution in [0.2, 0.25) is 0 Å². The number of nitrogens with zero attached hydrogens (tertiary/aromatic N) is 4. The molecule has 1 atom stereocenters. The smallest absolute Gasteiger partial charge is 0.235 e. The number of benzene rings is 1. The molecule has 0 spiro atoms. The second kappa shape index (κ2) is 12.0. The van der Waals surface area contributed by atoms with E-state index in [1.807, 2.05) is 35.8 Å². The first kappa shape index (κ1) is 27.7. The lowest BCUT2D eigenvalue weighted by Gasteiger charge is -2.36. The molecule has 0 aliphatic heterocycles. The maximum atomic E-state index is 12.9. The van der Waals surface area contributed by atoms with Gasteiger partial charge in [-0.05, 0) is 67.3 Å². The number of anilines is 1. The van der Waals surface area contributed by atoms with Crippen molar-refractivity contribution < 1.29 is 9.53 Å². The lowest BCUT2D eigenvalue weighted by Crippen LogP contribution is -2.28. The first-order valence-electron chi connectivity index (χ1n) is 12.5. The van der Waals surface area contributed by atoms with Crippen LogP contribution >= 0.6 is 39.0 Å². The fourth-order valence-electron chi connectivity index (χ4n) is 4.57. The minimum Gasteiger partial charge on any atom is -0.486 e. The number of thioether (sulfide) groups is 1. The van der Waals surface area contributed by atoms with Crippen LogP contribution in [0.3, 0.4) is 0 Å². The number of rotatable bonds is 10. The van der Waals surface area contributed by atoms with Gasteiger partial charge in [0, 0.05) is 15.9 Å². The second-order valence-electron chi connectivity index (χ2n) is 9.82. The van der Waals surface area contributed by atoms with Crippen molar-refractivity contribution in [1.29, 1.82) is 5.26 Å². The van der Waals surface area contributed by atoms with E-state index < -0.39 is 0 Å². The number of carbonyl (C=O) groups is 1. The minimum atomic E-state index is -0.149. The van der Waals surface area contributed by atoms with Crippen LogP contribution in [0.4, 0.5) is 5.00 Å². The topological polar surface area (TPSA) is 92.8 Å². The summed E-state index contributed by atoms with van der Waals surface area (Å²) in [7, 11) is 0. The maximum Gasteiger partial charge on any atom is 0.235 e. The molecule has 1 aromatic carbocycles. The summed E-state index contributed by atoms with van der Waals surface area (Å²) in [4.78, 5) is 14.1. The fourth-order valence-corrected chi connectivity index (χ4v) is 6.95. The van der Waals surface area contributed by atoms with Crippen LogP contribution in [0.15, 0.2) is 33.9 Å². The van der Waals surface area contributed by atoms with Crippen molar-refractivity contribution in [1.82, 2.24) is 14.8 Å². The number of nitriles is 1. The molecule has 3 aromatic rings. The monoisotopic (exact) mass is 601 g/mol. The van der Waals surface area contributed by atoms with E-state index in [1.165, 1.54) is 16.6 Å². The molecule has 1 aliphatic carbocycles. The van der Waals surface area contributed by atoms with Gasteiger partial charge in [0.15, 0.2) is 11.0 Å². The Labute approximate surface area is 235 Å². The zero-order valence-electron chi connectivity index (χ0n) is 21.6. The molecular weight excluding hydrogens is 570 g/mol. The third kappa shape index (κ3) is 6.39. The predicted octanol–water partition coefficient (Wildman–Crippen LogP) is 6.84. The molecular formula is C27H32BrN5O2S2. The van der Waals surface area contributed by atoms with Gasteiger partial charge in [0.25, 0.3) is 0 Å². The van der Waals surface area contributed by atoms with Gasteiger partial charge in [-0.3, -0.25) is 4.79 Å². The number of amides is 1. The Balaban J connectivity index is 1.38. The van der Waals surface area contributed by atoms with Crippen LogP contribution in [0, 0.1) is 22.7 Å². The normalized spacial score (nSPS) is 15.2. The van der Waals surface area contributed by atoms with Crippen molar-refractivity contribution >= 4 is 49.9 Å². The van der Waals surface area contributed by atoms with Gasteiger partial charge in [-0.25, -0.2) is 0 Å². The summed E-state index contributed by atoms with van der Waals surface area (Å²) in [6, 6.07) is 9.97. The van der Waals surface area contributed by atoms with Crippen LogP contribution in [0.5, 0.6) is 5.75 Å². The van der Waals surface area contributed by atoms with E-state index in [0.717, 1.165) is 41.5 Å². The number of ether oxygens (including phenoxy) is 1. The van der Waals surface area contributed by atoms with Gasteiger partial charge in [0.05, 0.1) is 11.3 Å². The van der Waals surface area contributed by atoms with Crippen LogP contribution in [-0.4, -0.2) is 26.4 Å². The molecule has 0 fully saturated rings. The molecule has 0 saturated carbocycles. The molecule has 1 amide bonds. The molecule has 37 heavy (non-hydrogen) atoms. The van der Waals surface area contributed by atoms with Crippen molar-refractivity contribution in [3.63, 3.8) is 0 Å². The number of nitrogens with one attached hydrogen (secondary N) is 1. The van der Waals surface area contributed by atoms with E-state index in [-0.39, 0.29) is 23.7 Å². The first-order chi connectivity index (χ1) is 17.7. The summed E-state index contributed by atoms with van der Waals surface area (Å²) < 4.78 is 8.79. The third-order valence-electron chi connectivity index (χ3n) is 7.27. The average Bonchev–Trinajstić information content (AvgIpc) is 3.46. The SMILES string of the molecule is CCn1c(COc2ccc(Br)cc2)nnc1SCC(=O)Nc1sc2c(c1C#N)CCC(C(C)(C)CC)C2. The molecule has 1 aliphatic rings. The van der Waals surface area contributed by atoms with Crippen molar-refractivity contribution in [3.05, 3.63) is 50.6 Å². The number of thiophene rings is 1. The standard InChI is InChI=1S/C27H32BrN5O2S2/c1-5-27(3,4)17-7-12-20-21(14-29)25(37-22(20)13-17)30-24(34)16-36-26-32-31-23(33(26)6-2)15-35-19-10-8-18(28)9-11-19/h8-11,17H,5-7,12-13,15-16H2,1-4H3,(H,30,34). The Morgan fingerprint density at radius 1 is 1.32 bits per heavy atom. The molecule has 0 saturated heterocycles. The van der Waals surface area contributed by atoms with Crippen LogP contribution in [-0.2, 0) is 30.8 Å². The molecule has 2 aromatic heterocycles. The van der Waals surface area contributed by atoms with Crippen LogP contribution in [0.25, 0.3) is 0 Å². The number of fused-ring (bicyclic) bond motifs is 1. The van der Waals surface area contributed by atoms with E-state index in [4.69, 9.17) is 4.74 Å². The molecule has 0 bridgehead atoms. The molecule has 1 N–H and O–H groups in total. The zero-order chi connectivity index (χ0) is 26.6.